The normalized spacial score (nSPS) is 26.1. The fraction of sp³-hybridized carbons (Fsp3) is 0.655. The van der Waals surface area contributed by atoms with Gasteiger partial charge in [0.2, 0.25) is 0 Å². The lowest BCUT2D eigenvalue weighted by Gasteiger charge is -2.23. The van der Waals surface area contributed by atoms with Gasteiger partial charge in [-0.1, -0.05) is 84.6 Å². The highest BCUT2D eigenvalue weighted by molar-refractivity contribution is 9.09. The minimum atomic E-state index is -0.456. The summed E-state index contributed by atoms with van der Waals surface area (Å²) in [6.07, 6.45) is 16.4. The molecule has 1 N–H and O–H groups in total. The van der Waals surface area contributed by atoms with E-state index in [1.165, 1.54) is 24.8 Å². The SMILES string of the molecule is BrC1C=CC2(C1)OCCO2.CCCCCC(CCNC1C=CC2(C1)OCCO2)OCc1ccccc1. The van der Waals surface area contributed by atoms with Crippen molar-refractivity contribution in [2.24, 2.45) is 0 Å². The van der Waals surface area contributed by atoms with E-state index in [0.29, 0.717) is 36.8 Å². The van der Waals surface area contributed by atoms with Gasteiger partial charge in [0.15, 0.2) is 11.6 Å². The summed E-state index contributed by atoms with van der Waals surface area (Å²) >= 11 is 3.48. The first-order valence-corrected chi connectivity index (χ1v) is 14.5. The molecular weight excluding hydrogens is 522 g/mol. The molecule has 2 aliphatic carbocycles. The van der Waals surface area contributed by atoms with Gasteiger partial charge in [0.05, 0.1) is 39.1 Å². The lowest BCUT2D eigenvalue weighted by molar-refractivity contribution is -0.117. The summed E-state index contributed by atoms with van der Waals surface area (Å²) < 4.78 is 28.6. The van der Waals surface area contributed by atoms with Crippen molar-refractivity contribution in [2.45, 2.75) is 87.0 Å². The van der Waals surface area contributed by atoms with E-state index in [-0.39, 0.29) is 5.79 Å². The first-order chi connectivity index (χ1) is 17.6. The number of allylic oxidation sites excluding steroid dienone is 1. The first-order valence-electron chi connectivity index (χ1n) is 13.6. The Morgan fingerprint density at radius 2 is 1.58 bits per heavy atom. The predicted octanol–water partition coefficient (Wildman–Crippen LogP) is 5.66. The molecule has 6 nitrogen and oxygen atoms in total. The lowest BCUT2D eigenvalue weighted by Crippen LogP contribution is -2.35. The van der Waals surface area contributed by atoms with Gasteiger partial charge in [0, 0.05) is 23.7 Å². The average molecular weight is 565 g/mol. The number of hydrogen-bond acceptors (Lipinski definition) is 6. The number of benzene rings is 1. The first kappa shape index (κ1) is 28.0. The number of nitrogens with one attached hydrogen (secondary N) is 1. The van der Waals surface area contributed by atoms with Crippen LogP contribution in [-0.2, 0) is 30.3 Å². The minimum Gasteiger partial charge on any atom is -0.373 e. The molecule has 3 atom stereocenters. The third-order valence-electron chi connectivity index (χ3n) is 7.01. The molecule has 2 spiro atoms. The zero-order chi connectivity index (χ0) is 25.1. The van der Waals surface area contributed by atoms with Crippen LogP contribution in [0, 0.1) is 0 Å². The molecule has 1 aromatic carbocycles. The van der Waals surface area contributed by atoms with Crippen molar-refractivity contribution in [3.8, 4) is 0 Å². The van der Waals surface area contributed by atoms with E-state index in [1.54, 1.807) is 0 Å². The van der Waals surface area contributed by atoms with E-state index >= 15 is 0 Å². The van der Waals surface area contributed by atoms with Crippen molar-refractivity contribution >= 4 is 15.9 Å². The highest BCUT2D eigenvalue weighted by atomic mass is 79.9. The Hall–Kier alpha value is -1.06. The molecule has 0 amide bonds. The zero-order valence-electron chi connectivity index (χ0n) is 21.5. The Bertz CT molecular complexity index is 820. The summed E-state index contributed by atoms with van der Waals surface area (Å²) in [4.78, 5) is 0.422. The quantitative estimate of drug-likeness (QED) is 0.213. The van der Waals surface area contributed by atoms with Crippen LogP contribution in [-0.4, -0.2) is 61.5 Å². The van der Waals surface area contributed by atoms with Crippen LogP contribution in [0.4, 0.5) is 0 Å². The fourth-order valence-corrected chi connectivity index (χ4v) is 5.63. The Morgan fingerprint density at radius 3 is 2.22 bits per heavy atom. The van der Waals surface area contributed by atoms with Crippen molar-refractivity contribution < 1.29 is 23.7 Å². The van der Waals surface area contributed by atoms with Gasteiger partial charge in [-0.2, -0.15) is 0 Å². The highest BCUT2D eigenvalue weighted by Crippen LogP contribution is 2.34. The number of alkyl halides is 1. The number of unbranched alkanes of at least 4 members (excludes halogenated alkanes) is 2. The molecule has 36 heavy (non-hydrogen) atoms. The van der Waals surface area contributed by atoms with Crippen LogP contribution in [0.1, 0.15) is 57.4 Å². The second-order valence-corrected chi connectivity index (χ2v) is 11.1. The van der Waals surface area contributed by atoms with Gasteiger partial charge in [-0.3, -0.25) is 0 Å². The van der Waals surface area contributed by atoms with Crippen LogP contribution in [0.25, 0.3) is 0 Å². The minimum absolute atomic E-state index is 0.313. The summed E-state index contributed by atoms with van der Waals surface area (Å²) in [5.74, 6) is -0.823. The molecule has 1 aromatic rings. The van der Waals surface area contributed by atoms with Crippen molar-refractivity contribution in [3.63, 3.8) is 0 Å². The maximum absolute atomic E-state index is 6.23. The molecule has 0 saturated carbocycles. The Kier molecular flexibility index (Phi) is 11.0. The second kappa shape index (κ2) is 14.2. The number of halogens is 1. The Labute approximate surface area is 224 Å². The molecule has 4 aliphatic rings. The van der Waals surface area contributed by atoms with Crippen LogP contribution in [0.5, 0.6) is 0 Å². The molecule has 2 saturated heterocycles. The van der Waals surface area contributed by atoms with Gasteiger partial charge in [-0.25, -0.2) is 0 Å². The van der Waals surface area contributed by atoms with Gasteiger partial charge < -0.3 is 29.0 Å². The van der Waals surface area contributed by atoms with Gasteiger partial charge >= 0.3 is 0 Å². The third kappa shape index (κ3) is 8.48. The van der Waals surface area contributed by atoms with Crippen LogP contribution >= 0.6 is 15.9 Å². The smallest absolute Gasteiger partial charge is 0.189 e. The van der Waals surface area contributed by atoms with E-state index in [9.17, 15) is 0 Å². The van der Waals surface area contributed by atoms with E-state index in [4.69, 9.17) is 23.7 Å². The van der Waals surface area contributed by atoms with Crippen LogP contribution in [0.15, 0.2) is 54.6 Å². The second-order valence-electron chi connectivity index (χ2n) is 9.92. The Morgan fingerprint density at radius 1 is 0.917 bits per heavy atom. The van der Waals surface area contributed by atoms with E-state index in [2.05, 4.69) is 70.7 Å². The third-order valence-corrected chi connectivity index (χ3v) is 7.64. The van der Waals surface area contributed by atoms with Gasteiger partial charge in [-0.05, 0) is 37.1 Å². The van der Waals surface area contributed by atoms with Crippen molar-refractivity contribution in [1.82, 2.24) is 5.32 Å². The Balaban J connectivity index is 0.000000251. The van der Waals surface area contributed by atoms with E-state index < -0.39 is 5.79 Å². The molecule has 0 bridgehead atoms. The molecule has 2 fully saturated rings. The fourth-order valence-electron chi connectivity index (χ4n) is 5.02. The summed E-state index contributed by atoms with van der Waals surface area (Å²) in [6.45, 7) is 6.75. The summed E-state index contributed by atoms with van der Waals surface area (Å²) in [5, 5.41) is 3.63. The molecule has 5 rings (SSSR count). The monoisotopic (exact) mass is 563 g/mol. The molecule has 2 heterocycles. The zero-order valence-corrected chi connectivity index (χ0v) is 23.1. The van der Waals surface area contributed by atoms with Crippen LogP contribution in [0.2, 0.25) is 0 Å². The molecule has 200 valence electrons. The van der Waals surface area contributed by atoms with E-state index in [0.717, 1.165) is 45.4 Å². The largest absolute Gasteiger partial charge is 0.373 e. The van der Waals surface area contributed by atoms with Gasteiger partial charge in [-0.15, -0.1) is 0 Å². The predicted molar refractivity (Wildman–Crippen MR) is 145 cm³/mol. The average Bonchev–Trinajstić information content (AvgIpc) is 3.70. The van der Waals surface area contributed by atoms with Crippen LogP contribution < -0.4 is 5.32 Å². The van der Waals surface area contributed by atoms with Gasteiger partial charge in [0.25, 0.3) is 0 Å². The maximum atomic E-state index is 6.23. The molecule has 3 unspecified atom stereocenters. The topological polar surface area (TPSA) is 58.2 Å². The molecule has 0 aromatic heterocycles. The number of hydrogen-bond donors (Lipinski definition) is 1. The molecule has 7 heteroatoms. The number of rotatable bonds is 11. The summed E-state index contributed by atoms with van der Waals surface area (Å²) in [7, 11) is 0. The molecule has 2 aliphatic heterocycles. The van der Waals surface area contributed by atoms with Crippen molar-refractivity contribution in [1.29, 1.82) is 0 Å². The van der Waals surface area contributed by atoms with Crippen LogP contribution in [0.3, 0.4) is 0 Å². The molecular formula is C29H42BrNO5. The van der Waals surface area contributed by atoms with Crippen molar-refractivity contribution in [3.05, 3.63) is 60.2 Å². The highest BCUT2D eigenvalue weighted by Gasteiger charge is 2.40. The summed E-state index contributed by atoms with van der Waals surface area (Å²) in [6, 6.07) is 10.8. The standard InChI is InChI=1S/C22H33NO3.C7H9BrO2/c1-2-3-5-10-21(24-18-19-8-6-4-7-9-19)12-14-23-20-11-13-22(17-20)25-15-16-26-22;8-6-1-2-7(5-6)9-3-4-10-7/h4,6-9,11,13,20-21,23H,2-3,5,10,12,14-18H2,1H3;1-2,6H,3-5H2. The molecule has 0 radical (unpaired) electrons. The number of ether oxygens (including phenoxy) is 5. The van der Waals surface area contributed by atoms with Gasteiger partial charge in [0.1, 0.15) is 0 Å². The van der Waals surface area contributed by atoms with Crippen molar-refractivity contribution in [2.75, 3.05) is 33.0 Å². The maximum Gasteiger partial charge on any atom is 0.189 e. The van der Waals surface area contributed by atoms with E-state index in [1.807, 2.05) is 12.1 Å². The lowest BCUT2D eigenvalue weighted by atomic mass is 10.1. The summed E-state index contributed by atoms with van der Waals surface area (Å²) in [5.41, 5.74) is 1.25.